The summed E-state index contributed by atoms with van der Waals surface area (Å²) in [7, 11) is 0. The van der Waals surface area contributed by atoms with Gasteiger partial charge >= 0.3 is 12.4 Å². The lowest BCUT2D eigenvalue weighted by Gasteiger charge is -2.51. The average molecular weight is 805 g/mol. The van der Waals surface area contributed by atoms with E-state index in [4.69, 9.17) is 9.47 Å². The number of piperidine rings is 2. The topological polar surface area (TPSA) is 113 Å². The van der Waals surface area contributed by atoms with E-state index in [1.165, 1.54) is 4.90 Å². The van der Waals surface area contributed by atoms with Gasteiger partial charge in [-0.25, -0.2) is 0 Å². The Hall–Kier alpha value is -4.49. The Labute approximate surface area is 324 Å². The second-order valence-electron chi connectivity index (χ2n) is 14.8. The molecule has 0 unspecified atom stereocenters. The second-order valence-corrected chi connectivity index (χ2v) is 15.7. The molecule has 1 aliphatic carbocycles. The van der Waals surface area contributed by atoms with Crippen LogP contribution < -0.4 is 4.74 Å². The molecule has 3 fully saturated rings. The van der Waals surface area contributed by atoms with Crippen molar-refractivity contribution in [3.8, 4) is 11.8 Å². The van der Waals surface area contributed by atoms with Crippen LogP contribution >= 0.6 is 11.3 Å². The average Bonchev–Trinajstić information content (AvgIpc) is 3.63. The van der Waals surface area contributed by atoms with E-state index in [1.54, 1.807) is 13.8 Å². The molecule has 1 aromatic carbocycles. The second kappa shape index (κ2) is 16.2. The minimum Gasteiger partial charge on any atom is -0.474 e. The van der Waals surface area contributed by atoms with Gasteiger partial charge in [-0.05, 0) is 68.7 Å². The van der Waals surface area contributed by atoms with Crippen molar-refractivity contribution in [2.45, 2.75) is 107 Å². The summed E-state index contributed by atoms with van der Waals surface area (Å²) in [5.41, 5.74) is -3.55. The summed E-state index contributed by atoms with van der Waals surface area (Å²) in [4.78, 5) is 46.2. The lowest BCUT2D eigenvalue weighted by Crippen LogP contribution is -2.68. The first-order valence-electron chi connectivity index (χ1n) is 18.6. The number of Topliss-reactive ketones (excluding diaryl/α,β-unsaturated/α-hetero) is 1. The molecule has 6 rings (SSSR count). The van der Waals surface area contributed by atoms with Crippen LogP contribution in [0, 0.1) is 17.2 Å². The third-order valence-electron chi connectivity index (χ3n) is 11.3. The van der Waals surface area contributed by atoms with Crippen LogP contribution in [0.15, 0.2) is 54.0 Å². The molecule has 16 heteroatoms. The Balaban J connectivity index is 1.31. The number of hydrogen-bond acceptors (Lipinski definition) is 8. The van der Waals surface area contributed by atoms with E-state index in [1.807, 2.05) is 24.3 Å². The normalized spacial score (nSPS) is 23.9. The molecule has 0 radical (unpaired) electrons. The summed E-state index contributed by atoms with van der Waals surface area (Å²) in [6.07, 6.45) is -6.45. The van der Waals surface area contributed by atoms with Crippen LogP contribution in [0.5, 0.6) is 5.75 Å². The van der Waals surface area contributed by atoms with Crippen molar-refractivity contribution in [3.05, 3.63) is 81.3 Å². The first-order valence-corrected chi connectivity index (χ1v) is 19.5. The van der Waals surface area contributed by atoms with Crippen molar-refractivity contribution in [1.82, 2.24) is 14.8 Å². The van der Waals surface area contributed by atoms with E-state index in [2.05, 4.69) is 11.1 Å². The van der Waals surface area contributed by atoms with Gasteiger partial charge in [-0.1, -0.05) is 37.6 Å². The van der Waals surface area contributed by atoms with Crippen LogP contribution in [-0.2, 0) is 38.7 Å². The maximum atomic E-state index is 15.0. The summed E-state index contributed by atoms with van der Waals surface area (Å²) in [5, 5.41) is 11.8. The van der Waals surface area contributed by atoms with Crippen molar-refractivity contribution >= 4 is 28.9 Å². The first-order chi connectivity index (χ1) is 26.5. The number of carbonyl (C=O) groups is 3. The van der Waals surface area contributed by atoms with E-state index in [0.29, 0.717) is 30.6 Å². The summed E-state index contributed by atoms with van der Waals surface area (Å²) < 4.78 is 95.9. The molecular formula is C40H42F6N4O5S. The number of ether oxygens (including phenoxy) is 2. The van der Waals surface area contributed by atoms with Crippen LogP contribution in [-0.4, -0.2) is 69.8 Å². The van der Waals surface area contributed by atoms with Crippen molar-refractivity contribution < 1.29 is 50.2 Å². The molecule has 2 amide bonds. The van der Waals surface area contributed by atoms with E-state index in [-0.39, 0.29) is 81.9 Å². The maximum absolute atomic E-state index is 15.0. The number of ketones is 1. The number of nitriles is 1. The molecule has 0 N–H and O–H groups in total. The molecule has 4 heterocycles. The highest BCUT2D eigenvalue weighted by atomic mass is 32.1. The van der Waals surface area contributed by atoms with E-state index in [9.17, 15) is 41.2 Å². The van der Waals surface area contributed by atoms with Gasteiger partial charge in [0.1, 0.15) is 22.1 Å². The van der Waals surface area contributed by atoms with Crippen LogP contribution in [0.4, 0.5) is 26.3 Å². The summed E-state index contributed by atoms with van der Waals surface area (Å²) in [6.45, 7) is 3.61. The fourth-order valence-electron chi connectivity index (χ4n) is 8.23. The molecule has 3 aliphatic rings. The maximum Gasteiger partial charge on any atom is 0.425 e. The number of carbonyl (C=O) groups excluding carboxylic acids is 3. The largest absolute Gasteiger partial charge is 0.474 e. The summed E-state index contributed by atoms with van der Waals surface area (Å²) in [6, 6.07) is 11.3. The quantitative estimate of drug-likeness (QED) is 0.179. The highest BCUT2D eigenvalue weighted by molar-refractivity contribution is 7.10. The van der Waals surface area contributed by atoms with Crippen LogP contribution in [0.25, 0.3) is 0 Å². The predicted octanol–water partition coefficient (Wildman–Crippen LogP) is 8.37. The van der Waals surface area contributed by atoms with Crippen LogP contribution in [0.1, 0.15) is 97.3 Å². The molecule has 56 heavy (non-hydrogen) atoms. The number of pyridine rings is 1. The van der Waals surface area contributed by atoms with Gasteiger partial charge in [-0.2, -0.15) is 31.6 Å². The fourth-order valence-corrected chi connectivity index (χ4v) is 8.91. The van der Waals surface area contributed by atoms with Crippen molar-refractivity contribution in [2.24, 2.45) is 5.92 Å². The highest BCUT2D eigenvalue weighted by Crippen LogP contribution is 2.44. The zero-order valence-electron chi connectivity index (χ0n) is 30.9. The van der Waals surface area contributed by atoms with Crippen LogP contribution in [0.3, 0.4) is 0 Å². The molecule has 3 aromatic rings. The molecular weight excluding hydrogens is 763 g/mol. The summed E-state index contributed by atoms with van der Waals surface area (Å²) >= 11 is 0.376. The number of benzene rings is 1. The molecule has 2 saturated heterocycles. The lowest BCUT2D eigenvalue weighted by molar-refractivity contribution is -0.160. The molecule has 2 atom stereocenters. The zero-order chi connectivity index (χ0) is 40.5. The van der Waals surface area contributed by atoms with Gasteiger partial charge < -0.3 is 19.3 Å². The monoisotopic (exact) mass is 804 g/mol. The number of nitrogens with zero attached hydrogens (tertiary/aromatic N) is 4. The number of halogens is 6. The smallest absolute Gasteiger partial charge is 0.425 e. The number of rotatable bonds is 11. The van der Waals surface area contributed by atoms with Gasteiger partial charge in [-0.3, -0.25) is 19.4 Å². The lowest BCUT2D eigenvalue weighted by atomic mass is 9.71. The van der Waals surface area contributed by atoms with Crippen molar-refractivity contribution in [1.29, 1.82) is 5.26 Å². The first kappa shape index (κ1) is 41.2. The Bertz CT molecular complexity index is 1960. The number of alkyl halides is 6. The molecule has 0 spiro atoms. The van der Waals surface area contributed by atoms with Gasteiger partial charge in [0.2, 0.25) is 5.60 Å². The molecule has 2 aromatic heterocycles. The molecule has 1 saturated carbocycles. The van der Waals surface area contributed by atoms with E-state index in [0.717, 1.165) is 45.8 Å². The molecule has 2 aliphatic heterocycles. The number of hydrogen-bond donors (Lipinski definition) is 0. The standard InChI is InChI=1S/C40H42F6N4O5S/c1-3-8-32-38(55-29-21-33(56-23-29)40(44,45)46,12-7-16-50(32)35(52)34-31(39(41,42)43)11-6-15-48-34)36(53)49-17-13-37(24-47,14-18-49)30-10-5-4-9-26(30)22-54-28-19-27(20-28)25(2)51/h4-6,9-11,15,21,23,27-28,32H,3,7-8,12-14,16-20,22H2,1-2H3/t27?,28?,32-,38+/m1/s1. The predicted molar refractivity (Wildman–Crippen MR) is 192 cm³/mol. The van der Waals surface area contributed by atoms with Gasteiger partial charge in [0.05, 0.1) is 35.8 Å². The fraction of sp³-hybridized carbons (Fsp3) is 0.525. The molecule has 300 valence electrons. The van der Waals surface area contributed by atoms with Crippen LogP contribution in [0.2, 0.25) is 0 Å². The minimum absolute atomic E-state index is 0.0140. The minimum atomic E-state index is -4.91. The Morgan fingerprint density at radius 3 is 2.34 bits per heavy atom. The van der Waals surface area contributed by atoms with Gasteiger partial charge in [-0.15, -0.1) is 11.3 Å². The summed E-state index contributed by atoms with van der Waals surface area (Å²) in [5.74, 6) is -1.84. The van der Waals surface area contributed by atoms with Gasteiger partial charge in [0.15, 0.2) is 0 Å². The number of aromatic nitrogens is 1. The van der Waals surface area contributed by atoms with E-state index < -0.39 is 57.4 Å². The third-order valence-corrected chi connectivity index (χ3v) is 12.3. The highest BCUT2D eigenvalue weighted by Gasteiger charge is 2.57. The number of thiophene rings is 1. The van der Waals surface area contributed by atoms with Crippen molar-refractivity contribution in [3.63, 3.8) is 0 Å². The SMILES string of the molecule is CCC[C@H]1N(C(=O)c2ncccc2C(F)(F)F)CCC[C@@]1(Oc1csc(C(F)(F)F)c1)C(=O)N1CCC(C#N)(c2ccccc2COC2CC(C(C)=O)C2)CC1. The molecule has 0 bridgehead atoms. The third kappa shape index (κ3) is 8.16. The van der Waals surface area contributed by atoms with Gasteiger partial charge in [0.25, 0.3) is 11.8 Å². The molecule has 9 nitrogen and oxygen atoms in total. The zero-order valence-corrected chi connectivity index (χ0v) is 31.7. The van der Waals surface area contributed by atoms with Crippen molar-refractivity contribution in [2.75, 3.05) is 19.6 Å². The van der Waals surface area contributed by atoms with Gasteiger partial charge in [0, 0.05) is 49.6 Å². The Morgan fingerprint density at radius 2 is 1.71 bits per heavy atom. The Kier molecular flexibility index (Phi) is 11.9. The van der Waals surface area contributed by atoms with E-state index >= 15 is 4.79 Å². The number of likely N-dealkylation sites (tertiary alicyclic amines) is 2. The number of amides is 2. The Morgan fingerprint density at radius 1 is 1.00 bits per heavy atom.